The summed E-state index contributed by atoms with van der Waals surface area (Å²) in [4.78, 5) is 4.25. The minimum atomic E-state index is -2.36. The fourth-order valence-electron chi connectivity index (χ4n) is 13.1. The number of aryl methyl sites for hydroxylation is 4. The number of aromatic nitrogens is 1. The van der Waals surface area contributed by atoms with Gasteiger partial charge in [-0.2, -0.15) is 0 Å². The number of hydrogen-bond donors (Lipinski definition) is 0. The number of fused-ring (bicyclic) bond motifs is 20. The van der Waals surface area contributed by atoms with Crippen molar-refractivity contribution >= 4 is 160 Å². The van der Waals surface area contributed by atoms with Gasteiger partial charge in [0.2, 0.25) is 5.71 Å². The third-order valence-electron chi connectivity index (χ3n) is 16.2. The van der Waals surface area contributed by atoms with Crippen LogP contribution >= 0.6 is 0 Å². The standard InChI is InChI=1S/C72H47N3O3/c1-40-30-41(2)33-49(32-40)73(46-22-25-55-64(36-46)76-62-28-20-44-12-5-7-14-51(44)68(55)62)47-23-27-57-66(37-47)78-72-70(57)59-19-11-18-58-67-54-17-10-9-16-53(54)60(39-61(67)75(72)71(58)59)74(50-34-42(3)31-43(4)35-50)48-24-26-56-65(38-48)77-63-29-21-45-13-6-8-15-52(45)69(56)63/h5-39H,1-4H3/i1D3,3D3. The van der Waals surface area contributed by atoms with E-state index in [4.69, 9.17) is 21.5 Å². The van der Waals surface area contributed by atoms with Crippen LogP contribution in [-0.4, -0.2) is 4.40 Å². The number of hydrogen-bond acceptors (Lipinski definition) is 5. The third kappa shape index (κ3) is 6.08. The number of nitrogens with zero attached hydrogens (tertiary/aromatic N) is 3. The molecule has 0 unspecified atom stereocenters. The first-order valence-corrected chi connectivity index (χ1v) is 26.3. The quantitative estimate of drug-likeness (QED) is 0.166. The lowest BCUT2D eigenvalue weighted by molar-refractivity contribution is 0.652. The molecular formula is C72H47N3O3. The first-order chi connectivity index (χ1) is 40.7. The molecule has 5 heterocycles. The van der Waals surface area contributed by atoms with Crippen molar-refractivity contribution in [3.05, 3.63) is 235 Å². The second kappa shape index (κ2) is 15.8. The average Bonchev–Trinajstić information content (AvgIpc) is 1.58. The van der Waals surface area contributed by atoms with Gasteiger partial charge in [0.15, 0.2) is 0 Å². The summed E-state index contributed by atoms with van der Waals surface area (Å²) in [5.74, 6) is 0. The molecule has 368 valence electrons. The van der Waals surface area contributed by atoms with Gasteiger partial charge in [-0.25, -0.2) is 0 Å². The lowest BCUT2D eigenvalue weighted by Crippen LogP contribution is -2.11. The van der Waals surface area contributed by atoms with Gasteiger partial charge in [0, 0.05) is 103 Å². The van der Waals surface area contributed by atoms with Crippen LogP contribution in [0.2, 0.25) is 0 Å². The molecule has 0 aliphatic carbocycles. The molecule has 0 atom stereocenters. The second-order valence-corrected chi connectivity index (χ2v) is 21.0. The highest BCUT2D eigenvalue weighted by Gasteiger charge is 2.28. The number of benzene rings is 12. The van der Waals surface area contributed by atoms with Crippen molar-refractivity contribution in [1.82, 2.24) is 4.40 Å². The van der Waals surface area contributed by atoms with Crippen LogP contribution in [0.5, 0.6) is 0 Å². The van der Waals surface area contributed by atoms with Crippen molar-refractivity contribution in [2.24, 2.45) is 0 Å². The Hall–Kier alpha value is -10.0. The van der Waals surface area contributed by atoms with Crippen LogP contribution in [0.1, 0.15) is 30.5 Å². The van der Waals surface area contributed by atoms with E-state index < -0.39 is 13.7 Å². The van der Waals surface area contributed by atoms with Crippen LogP contribution in [-0.2, 0) is 0 Å². The fourth-order valence-corrected chi connectivity index (χ4v) is 13.1. The van der Waals surface area contributed by atoms with Gasteiger partial charge < -0.3 is 23.1 Å². The summed E-state index contributed by atoms with van der Waals surface area (Å²) in [6.45, 7) is -0.843. The third-order valence-corrected chi connectivity index (χ3v) is 16.2. The zero-order valence-corrected chi connectivity index (χ0v) is 42.3. The summed E-state index contributed by atoms with van der Waals surface area (Å²) in [6.07, 6.45) is 0. The number of anilines is 6. The topological polar surface area (TPSA) is 50.3 Å². The first kappa shape index (κ1) is 37.7. The lowest BCUT2D eigenvalue weighted by atomic mass is 9.99. The van der Waals surface area contributed by atoms with E-state index in [0.717, 1.165) is 137 Å². The van der Waals surface area contributed by atoms with Crippen LogP contribution < -0.4 is 9.80 Å². The second-order valence-electron chi connectivity index (χ2n) is 21.0. The van der Waals surface area contributed by atoms with E-state index in [2.05, 4.69) is 148 Å². The van der Waals surface area contributed by atoms with Crippen molar-refractivity contribution in [2.45, 2.75) is 27.6 Å². The van der Waals surface area contributed by atoms with E-state index in [1.165, 1.54) is 0 Å². The van der Waals surface area contributed by atoms with Crippen LogP contribution in [0.3, 0.4) is 0 Å². The van der Waals surface area contributed by atoms with Crippen molar-refractivity contribution in [2.75, 3.05) is 9.80 Å². The molecule has 0 N–H and O–H groups in total. The molecule has 0 saturated heterocycles. The van der Waals surface area contributed by atoms with Crippen LogP contribution in [0, 0.1) is 27.6 Å². The Bertz CT molecular complexity index is 5670. The SMILES string of the molecule is [2H]C([2H])([2H])c1cc(C)cc(N(c2ccc3c(c2)oc2ccc4ccccc4c23)c2ccc3c(c2)oc2c3c3cccc4c5c6ccccc6c(N(c6cc(C)cc(C([2H])([2H])[2H])c6)c6ccc7c(c6)oc6ccc8ccccc8c67)cc5n2c43)c1. The molecule has 17 rings (SSSR count). The molecule has 17 aromatic rings. The van der Waals surface area contributed by atoms with Gasteiger partial charge in [-0.1, -0.05) is 115 Å². The summed E-state index contributed by atoms with van der Waals surface area (Å²) in [6, 6.07) is 71.8. The number of para-hydroxylation sites is 1. The molecule has 0 bridgehead atoms. The van der Waals surface area contributed by atoms with E-state index >= 15 is 0 Å². The fraction of sp³-hybridized carbons (Fsp3) is 0.0556. The predicted octanol–water partition coefficient (Wildman–Crippen LogP) is 21.0. The van der Waals surface area contributed by atoms with E-state index in [0.29, 0.717) is 33.8 Å². The van der Waals surface area contributed by atoms with Gasteiger partial charge in [0.1, 0.15) is 27.9 Å². The highest BCUT2D eigenvalue weighted by Crippen LogP contribution is 2.51. The van der Waals surface area contributed by atoms with E-state index in [9.17, 15) is 0 Å². The van der Waals surface area contributed by atoms with Gasteiger partial charge >= 0.3 is 0 Å². The lowest BCUT2D eigenvalue weighted by Gasteiger charge is -2.28. The van der Waals surface area contributed by atoms with Gasteiger partial charge in [0.25, 0.3) is 0 Å². The Morgan fingerprint density at radius 1 is 0.333 bits per heavy atom. The Morgan fingerprint density at radius 3 is 1.40 bits per heavy atom. The molecule has 5 aromatic heterocycles. The van der Waals surface area contributed by atoms with Crippen LogP contribution in [0.15, 0.2) is 226 Å². The maximum Gasteiger partial charge on any atom is 0.213 e. The molecule has 0 aliphatic rings. The zero-order valence-electron chi connectivity index (χ0n) is 48.3. The Balaban J connectivity index is 0.899. The molecule has 78 heavy (non-hydrogen) atoms. The smallest absolute Gasteiger partial charge is 0.213 e. The summed E-state index contributed by atoms with van der Waals surface area (Å²) in [5, 5.41) is 15.6. The van der Waals surface area contributed by atoms with E-state index in [1.807, 2.05) is 68.4 Å². The first-order valence-electron chi connectivity index (χ1n) is 29.3. The van der Waals surface area contributed by atoms with Crippen molar-refractivity contribution in [3.63, 3.8) is 0 Å². The van der Waals surface area contributed by atoms with Crippen molar-refractivity contribution < 1.29 is 21.5 Å². The molecule has 0 aliphatic heterocycles. The summed E-state index contributed by atoms with van der Waals surface area (Å²) in [5.41, 5.74) is 12.9. The monoisotopic (exact) mass is 1010 g/mol. The molecule has 0 fully saturated rings. The van der Waals surface area contributed by atoms with Gasteiger partial charge in [-0.05, 0) is 156 Å². The summed E-state index contributed by atoms with van der Waals surface area (Å²) >= 11 is 0. The Morgan fingerprint density at radius 2 is 0.808 bits per heavy atom. The maximum atomic E-state index is 8.62. The van der Waals surface area contributed by atoms with E-state index in [1.54, 1.807) is 24.3 Å². The molecule has 0 amide bonds. The van der Waals surface area contributed by atoms with Gasteiger partial charge in [0.05, 0.1) is 22.1 Å². The van der Waals surface area contributed by atoms with Crippen molar-refractivity contribution in [1.29, 1.82) is 0 Å². The van der Waals surface area contributed by atoms with Gasteiger partial charge in [-0.3, -0.25) is 4.40 Å². The molecule has 6 heteroatoms. The highest BCUT2D eigenvalue weighted by molar-refractivity contribution is 6.33. The molecule has 0 radical (unpaired) electrons. The molecule has 0 saturated carbocycles. The summed E-state index contributed by atoms with van der Waals surface area (Å²) in [7, 11) is 0. The predicted molar refractivity (Wildman–Crippen MR) is 326 cm³/mol. The number of rotatable bonds is 6. The zero-order chi connectivity index (χ0) is 56.7. The number of furan rings is 3. The molecule has 12 aromatic carbocycles. The molecular weight excluding hydrogens is 955 g/mol. The van der Waals surface area contributed by atoms with Crippen LogP contribution in [0.4, 0.5) is 34.1 Å². The Labute approximate surface area is 455 Å². The molecule has 0 spiro atoms. The highest BCUT2D eigenvalue weighted by atomic mass is 16.3. The largest absolute Gasteiger partial charge is 0.456 e. The molecule has 6 nitrogen and oxygen atoms in total. The summed E-state index contributed by atoms with van der Waals surface area (Å²) < 4.78 is 74.2. The maximum absolute atomic E-state index is 8.62. The minimum Gasteiger partial charge on any atom is -0.456 e. The average molecular weight is 1010 g/mol. The normalized spacial score (nSPS) is 13.8. The van der Waals surface area contributed by atoms with E-state index in [-0.39, 0.29) is 11.1 Å². The van der Waals surface area contributed by atoms with Crippen LogP contribution in [0.25, 0.3) is 125 Å². The Kier molecular flexibility index (Phi) is 7.61. The minimum absolute atomic E-state index is 0.242. The van der Waals surface area contributed by atoms with Gasteiger partial charge in [-0.15, -0.1) is 0 Å². The van der Waals surface area contributed by atoms with Crippen molar-refractivity contribution in [3.8, 4) is 0 Å².